The van der Waals surface area contributed by atoms with Crippen molar-refractivity contribution in [2.45, 2.75) is 39.2 Å². The van der Waals surface area contributed by atoms with Gasteiger partial charge in [0.2, 0.25) is 5.75 Å². The third-order valence-electron chi connectivity index (χ3n) is 4.87. The van der Waals surface area contributed by atoms with Crippen LogP contribution in [0.2, 0.25) is 0 Å². The van der Waals surface area contributed by atoms with Crippen LogP contribution in [0.25, 0.3) is 5.70 Å². The van der Waals surface area contributed by atoms with Gasteiger partial charge in [0, 0.05) is 23.5 Å². The smallest absolute Gasteiger partial charge is 0.204 e. The normalized spacial score (nSPS) is 18.1. The van der Waals surface area contributed by atoms with E-state index in [4.69, 9.17) is 16.2 Å². The quantitative estimate of drug-likeness (QED) is 0.594. The summed E-state index contributed by atoms with van der Waals surface area (Å²) in [5, 5.41) is 6.90. The molecule has 0 fully saturated rings. The molecule has 1 atom stereocenters. The Balaban J connectivity index is 2.00. The van der Waals surface area contributed by atoms with E-state index in [9.17, 15) is 0 Å². The van der Waals surface area contributed by atoms with E-state index in [1.54, 1.807) is 0 Å². The van der Waals surface area contributed by atoms with Gasteiger partial charge in [-0.1, -0.05) is 19.9 Å². The van der Waals surface area contributed by atoms with E-state index in [2.05, 4.69) is 60.1 Å². The second-order valence-corrected chi connectivity index (χ2v) is 7.10. The summed E-state index contributed by atoms with van der Waals surface area (Å²) in [6.45, 7) is 11.4. The first-order chi connectivity index (χ1) is 12.9. The van der Waals surface area contributed by atoms with Gasteiger partial charge in [-0.2, -0.15) is 0 Å². The maximum absolute atomic E-state index is 5.96. The van der Waals surface area contributed by atoms with Crippen molar-refractivity contribution in [1.82, 2.24) is 15.3 Å². The first-order valence-electron chi connectivity index (χ1n) is 9.22. The Morgan fingerprint density at radius 3 is 2.81 bits per heavy atom. The van der Waals surface area contributed by atoms with E-state index in [0.717, 1.165) is 29.8 Å². The number of benzene rings is 1. The molecule has 0 radical (unpaired) electrons. The summed E-state index contributed by atoms with van der Waals surface area (Å²) >= 11 is 0. The van der Waals surface area contributed by atoms with Crippen molar-refractivity contribution in [2.75, 3.05) is 24.2 Å². The van der Waals surface area contributed by atoms with Gasteiger partial charge >= 0.3 is 0 Å². The largest absolute Gasteiger partial charge is 0.485 e. The number of nitrogens with zero attached hydrogens (tertiary/aromatic N) is 2. The number of hydrogen-bond donors (Lipinski definition) is 4. The number of rotatable bonds is 7. The average molecular weight is 368 g/mol. The predicted molar refractivity (Wildman–Crippen MR) is 110 cm³/mol. The molecule has 0 spiro atoms. The summed E-state index contributed by atoms with van der Waals surface area (Å²) in [4.78, 5) is 8.30. The molecular formula is C20H28N6O. The topological polar surface area (TPSA) is 111 Å². The number of nitrogens with two attached hydrogens (primary N) is 2. The van der Waals surface area contributed by atoms with Crippen LogP contribution in [-0.2, 0) is 5.54 Å². The number of nitrogens with one attached hydrogen (secondary N) is 2. The zero-order chi connectivity index (χ0) is 19.6. The Kier molecular flexibility index (Phi) is 5.23. The maximum Gasteiger partial charge on any atom is 0.204 e. The van der Waals surface area contributed by atoms with Crippen LogP contribution in [-0.4, -0.2) is 23.1 Å². The predicted octanol–water partition coefficient (Wildman–Crippen LogP) is 3.04. The molecule has 2 aromatic rings. The average Bonchev–Trinajstić information content (AvgIpc) is 2.85. The summed E-state index contributed by atoms with van der Waals surface area (Å²) in [6, 6.07) is 4.22. The highest BCUT2D eigenvalue weighted by Crippen LogP contribution is 2.43. The number of hydrogen-bond acceptors (Lipinski definition) is 7. The maximum atomic E-state index is 5.96. The number of fused-ring (bicyclic) bond motifs is 1. The fourth-order valence-corrected chi connectivity index (χ4v) is 3.77. The van der Waals surface area contributed by atoms with Gasteiger partial charge in [0.25, 0.3) is 0 Å². The number of anilines is 3. The fraction of sp³-hybridized carbons (Fsp3) is 0.400. The molecule has 0 amide bonds. The molecule has 0 saturated heterocycles. The van der Waals surface area contributed by atoms with Gasteiger partial charge in [-0.3, -0.25) is 0 Å². The van der Waals surface area contributed by atoms with Gasteiger partial charge in [-0.25, -0.2) is 9.97 Å². The van der Waals surface area contributed by atoms with Gasteiger partial charge in [0.15, 0.2) is 11.6 Å². The monoisotopic (exact) mass is 368 g/mol. The SMILES string of the molecule is C=C1NC(C)(CCC)c2cc(Nc3ncnc(N)c3OCCN)cc(C)c21. The first-order valence-corrected chi connectivity index (χ1v) is 9.22. The van der Waals surface area contributed by atoms with Crippen LogP contribution in [0.1, 0.15) is 43.4 Å². The van der Waals surface area contributed by atoms with Crippen molar-refractivity contribution in [3.05, 3.63) is 41.7 Å². The fourth-order valence-electron chi connectivity index (χ4n) is 3.77. The van der Waals surface area contributed by atoms with Crippen LogP contribution >= 0.6 is 0 Å². The molecule has 0 bridgehead atoms. The standard InChI is InChI=1S/C20H28N6O/c1-5-6-20(4)15-10-14(9-12(2)16(15)13(3)26-20)25-19-17(27-8-7-21)18(22)23-11-24-19/h9-11,26H,3,5-8,21H2,1-2,4H3,(H3,22,23,24,25). The first kappa shape index (κ1) is 19.0. The van der Waals surface area contributed by atoms with Gasteiger partial charge in [0.05, 0.1) is 5.54 Å². The molecule has 2 heterocycles. The van der Waals surface area contributed by atoms with E-state index in [-0.39, 0.29) is 11.4 Å². The number of nitrogen functional groups attached to an aromatic ring is 1. The van der Waals surface area contributed by atoms with E-state index in [0.29, 0.717) is 24.7 Å². The molecule has 1 aliphatic rings. The van der Waals surface area contributed by atoms with Crippen LogP contribution < -0.4 is 26.8 Å². The van der Waals surface area contributed by atoms with Crippen LogP contribution in [0.3, 0.4) is 0 Å². The van der Waals surface area contributed by atoms with Crippen LogP contribution in [0.4, 0.5) is 17.3 Å². The Hall–Kier alpha value is -2.80. The highest BCUT2D eigenvalue weighted by Gasteiger charge is 2.36. The van der Waals surface area contributed by atoms with Gasteiger partial charge in [-0.15, -0.1) is 0 Å². The van der Waals surface area contributed by atoms with E-state index in [1.165, 1.54) is 17.5 Å². The van der Waals surface area contributed by atoms with Crippen LogP contribution in [0.15, 0.2) is 25.0 Å². The summed E-state index contributed by atoms with van der Waals surface area (Å²) in [6.07, 6.45) is 3.51. The Morgan fingerprint density at radius 2 is 2.11 bits per heavy atom. The Labute approximate surface area is 160 Å². The summed E-state index contributed by atoms with van der Waals surface area (Å²) < 4.78 is 5.64. The molecule has 1 unspecified atom stereocenters. The third-order valence-corrected chi connectivity index (χ3v) is 4.87. The van der Waals surface area contributed by atoms with Crippen molar-refractivity contribution in [3.8, 4) is 5.75 Å². The minimum Gasteiger partial charge on any atom is -0.485 e. The van der Waals surface area contributed by atoms with Crippen LogP contribution in [0.5, 0.6) is 5.75 Å². The summed E-state index contributed by atoms with van der Waals surface area (Å²) in [5.74, 6) is 1.22. The van der Waals surface area contributed by atoms with E-state index >= 15 is 0 Å². The zero-order valence-electron chi connectivity index (χ0n) is 16.2. The summed E-state index contributed by atoms with van der Waals surface area (Å²) in [5.41, 5.74) is 16.8. The zero-order valence-corrected chi connectivity index (χ0v) is 16.2. The van der Waals surface area contributed by atoms with Crippen LogP contribution in [0, 0.1) is 6.92 Å². The molecule has 1 aliphatic heterocycles. The number of ether oxygens (including phenoxy) is 1. The minimum absolute atomic E-state index is 0.132. The molecule has 1 aromatic heterocycles. The van der Waals surface area contributed by atoms with E-state index in [1.807, 2.05) is 0 Å². The molecule has 3 rings (SSSR count). The molecule has 1 aromatic carbocycles. The van der Waals surface area contributed by atoms with Crippen molar-refractivity contribution in [3.63, 3.8) is 0 Å². The molecule has 144 valence electrons. The van der Waals surface area contributed by atoms with Gasteiger partial charge in [-0.05, 0) is 43.5 Å². The third kappa shape index (κ3) is 3.55. The van der Waals surface area contributed by atoms with Crippen molar-refractivity contribution < 1.29 is 4.74 Å². The van der Waals surface area contributed by atoms with Gasteiger partial charge < -0.3 is 26.8 Å². The van der Waals surface area contributed by atoms with Crippen molar-refractivity contribution >= 4 is 23.0 Å². The highest BCUT2D eigenvalue weighted by atomic mass is 16.5. The van der Waals surface area contributed by atoms with E-state index < -0.39 is 0 Å². The molecule has 7 heteroatoms. The molecule has 0 saturated carbocycles. The molecule has 7 nitrogen and oxygen atoms in total. The Morgan fingerprint density at radius 1 is 1.33 bits per heavy atom. The second-order valence-electron chi connectivity index (χ2n) is 7.10. The lowest BCUT2D eigenvalue weighted by molar-refractivity contribution is 0.329. The lowest BCUT2D eigenvalue weighted by atomic mass is 9.86. The number of aromatic nitrogens is 2. The molecule has 27 heavy (non-hydrogen) atoms. The second kappa shape index (κ2) is 7.44. The molecule has 0 aliphatic carbocycles. The Bertz CT molecular complexity index is 866. The molecule has 6 N–H and O–H groups in total. The minimum atomic E-state index is -0.132. The van der Waals surface area contributed by atoms with Crippen molar-refractivity contribution in [1.29, 1.82) is 0 Å². The van der Waals surface area contributed by atoms with Crippen molar-refractivity contribution in [2.24, 2.45) is 5.73 Å². The lowest BCUT2D eigenvalue weighted by Gasteiger charge is -2.26. The van der Waals surface area contributed by atoms with Gasteiger partial charge in [0.1, 0.15) is 12.9 Å². The molecular weight excluding hydrogens is 340 g/mol. The number of aryl methyl sites for hydroxylation is 1. The lowest BCUT2D eigenvalue weighted by Crippen LogP contribution is -2.32. The highest BCUT2D eigenvalue weighted by molar-refractivity contribution is 5.78. The summed E-state index contributed by atoms with van der Waals surface area (Å²) in [7, 11) is 0.